The smallest absolute Gasteiger partial charge is 0.101 e. The lowest BCUT2D eigenvalue weighted by molar-refractivity contribution is 1.42. The molecule has 0 fully saturated rings. The summed E-state index contributed by atoms with van der Waals surface area (Å²) in [6, 6.07) is 14.6. The summed E-state index contributed by atoms with van der Waals surface area (Å²) in [4.78, 5) is 0. The van der Waals surface area contributed by atoms with Gasteiger partial charge in [0.2, 0.25) is 0 Å². The van der Waals surface area contributed by atoms with Crippen LogP contribution >= 0.6 is 22.6 Å². The molecule has 5 heteroatoms. The highest BCUT2D eigenvalue weighted by molar-refractivity contribution is 14.1. The standard InChI is InChI=1S/C14H9IN4/c15-13-6-11(18)2-4-14(13)19-12-3-1-9(7-16)10(5-12)8-17/h1-6,19H,18H2. The molecule has 0 aliphatic heterocycles. The van der Waals surface area contributed by atoms with Gasteiger partial charge in [-0.1, -0.05) is 0 Å². The van der Waals surface area contributed by atoms with E-state index in [-0.39, 0.29) is 0 Å². The first-order chi connectivity index (χ1) is 9.13. The number of benzene rings is 2. The summed E-state index contributed by atoms with van der Waals surface area (Å²) in [5.41, 5.74) is 8.80. The topological polar surface area (TPSA) is 85.6 Å². The molecule has 4 nitrogen and oxygen atoms in total. The monoisotopic (exact) mass is 360 g/mol. The molecule has 0 spiro atoms. The highest BCUT2D eigenvalue weighted by Gasteiger charge is 2.05. The third kappa shape index (κ3) is 2.95. The molecule has 0 aromatic heterocycles. The highest BCUT2D eigenvalue weighted by Crippen LogP contribution is 2.25. The van der Waals surface area contributed by atoms with Crippen molar-refractivity contribution >= 4 is 39.7 Å². The number of anilines is 3. The van der Waals surface area contributed by atoms with Crippen molar-refractivity contribution in [2.24, 2.45) is 0 Å². The number of nitrogens with zero attached hydrogens (tertiary/aromatic N) is 2. The van der Waals surface area contributed by atoms with E-state index in [0.717, 1.165) is 14.9 Å². The summed E-state index contributed by atoms with van der Waals surface area (Å²) in [5, 5.41) is 21.1. The van der Waals surface area contributed by atoms with Crippen molar-refractivity contribution in [3.05, 3.63) is 51.1 Å². The van der Waals surface area contributed by atoms with Gasteiger partial charge in [-0.2, -0.15) is 10.5 Å². The summed E-state index contributed by atoms with van der Waals surface area (Å²) in [6.07, 6.45) is 0. The number of hydrogen-bond donors (Lipinski definition) is 2. The molecule has 2 aromatic carbocycles. The number of nitrogen functional groups attached to an aromatic ring is 1. The van der Waals surface area contributed by atoms with E-state index in [1.807, 2.05) is 24.3 Å². The number of halogens is 1. The lowest BCUT2D eigenvalue weighted by atomic mass is 10.1. The zero-order valence-corrected chi connectivity index (χ0v) is 12.0. The van der Waals surface area contributed by atoms with E-state index in [1.165, 1.54) is 0 Å². The fourth-order valence-electron chi connectivity index (χ4n) is 1.60. The van der Waals surface area contributed by atoms with E-state index in [4.69, 9.17) is 16.3 Å². The summed E-state index contributed by atoms with van der Waals surface area (Å²) < 4.78 is 0.987. The highest BCUT2D eigenvalue weighted by atomic mass is 127. The molecule has 2 rings (SSSR count). The van der Waals surface area contributed by atoms with Crippen molar-refractivity contribution < 1.29 is 0 Å². The molecule has 3 N–H and O–H groups in total. The van der Waals surface area contributed by atoms with E-state index >= 15 is 0 Å². The molecule has 0 heterocycles. The molecule has 0 aliphatic rings. The Balaban J connectivity index is 2.34. The van der Waals surface area contributed by atoms with E-state index in [2.05, 4.69) is 27.9 Å². The Morgan fingerprint density at radius 3 is 2.37 bits per heavy atom. The van der Waals surface area contributed by atoms with Crippen molar-refractivity contribution in [3.63, 3.8) is 0 Å². The Kier molecular flexibility index (Phi) is 3.88. The van der Waals surface area contributed by atoms with Crippen LogP contribution in [0.3, 0.4) is 0 Å². The molecule has 0 atom stereocenters. The van der Waals surface area contributed by atoms with Gasteiger partial charge in [0.15, 0.2) is 0 Å². The lowest BCUT2D eigenvalue weighted by Gasteiger charge is -2.09. The van der Waals surface area contributed by atoms with Gasteiger partial charge in [0.05, 0.1) is 16.8 Å². The first-order valence-corrected chi connectivity index (χ1v) is 6.48. The Morgan fingerprint density at radius 2 is 1.74 bits per heavy atom. The van der Waals surface area contributed by atoms with Crippen LogP contribution in [-0.2, 0) is 0 Å². The number of hydrogen-bond acceptors (Lipinski definition) is 4. The molecule has 19 heavy (non-hydrogen) atoms. The van der Waals surface area contributed by atoms with Crippen LogP contribution in [0.5, 0.6) is 0 Å². The minimum Gasteiger partial charge on any atom is -0.399 e. The minimum absolute atomic E-state index is 0.359. The SMILES string of the molecule is N#Cc1ccc(Nc2ccc(N)cc2I)cc1C#N. The quantitative estimate of drug-likeness (QED) is 0.635. The van der Waals surface area contributed by atoms with Crippen molar-refractivity contribution in [1.82, 2.24) is 0 Å². The van der Waals surface area contributed by atoms with Crippen molar-refractivity contribution in [1.29, 1.82) is 10.5 Å². The Hall–Kier alpha value is -2.25. The average Bonchev–Trinajstić information content (AvgIpc) is 2.41. The largest absolute Gasteiger partial charge is 0.399 e. The Labute approximate surface area is 124 Å². The summed E-state index contributed by atoms with van der Waals surface area (Å²) >= 11 is 2.18. The van der Waals surface area contributed by atoms with Gasteiger partial charge in [-0.3, -0.25) is 0 Å². The number of rotatable bonds is 2. The molecule has 0 aliphatic carbocycles. The molecule has 0 radical (unpaired) electrons. The number of nitriles is 2. The van der Waals surface area contributed by atoms with E-state index in [1.54, 1.807) is 24.3 Å². The maximum absolute atomic E-state index is 8.98. The van der Waals surface area contributed by atoms with Gasteiger partial charge in [0.25, 0.3) is 0 Å². The van der Waals surface area contributed by atoms with Crippen LogP contribution < -0.4 is 11.1 Å². The summed E-state index contributed by atoms with van der Waals surface area (Å²) in [5.74, 6) is 0. The van der Waals surface area contributed by atoms with Crippen LogP contribution in [0.2, 0.25) is 0 Å². The van der Waals surface area contributed by atoms with Crippen LogP contribution in [-0.4, -0.2) is 0 Å². The van der Waals surface area contributed by atoms with Gasteiger partial charge in [-0.25, -0.2) is 0 Å². The van der Waals surface area contributed by atoms with Gasteiger partial charge in [0.1, 0.15) is 12.1 Å². The second kappa shape index (κ2) is 5.59. The van der Waals surface area contributed by atoms with Gasteiger partial charge < -0.3 is 11.1 Å². The second-order valence-electron chi connectivity index (χ2n) is 3.85. The van der Waals surface area contributed by atoms with E-state index in [0.29, 0.717) is 16.8 Å². The fraction of sp³-hybridized carbons (Fsp3) is 0. The van der Waals surface area contributed by atoms with Crippen LogP contribution in [0.25, 0.3) is 0 Å². The predicted molar refractivity (Wildman–Crippen MR) is 82.7 cm³/mol. The van der Waals surface area contributed by atoms with Crippen LogP contribution in [0, 0.1) is 26.2 Å². The molecule has 0 amide bonds. The average molecular weight is 360 g/mol. The first-order valence-electron chi connectivity index (χ1n) is 5.40. The molecular weight excluding hydrogens is 351 g/mol. The fourth-order valence-corrected chi connectivity index (χ4v) is 2.27. The van der Waals surface area contributed by atoms with Gasteiger partial charge in [-0.05, 0) is 59.0 Å². The maximum atomic E-state index is 8.98. The van der Waals surface area contributed by atoms with Crippen LogP contribution in [0.1, 0.15) is 11.1 Å². The second-order valence-corrected chi connectivity index (χ2v) is 5.01. The van der Waals surface area contributed by atoms with Crippen LogP contribution in [0.15, 0.2) is 36.4 Å². The third-order valence-electron chi connectivity index (χ3n) is 2.53. The van der Waals surface area contributed by atoms with Crippen molar-refractivity contribution in [2.75, 3.05) is 11.1 Å². The molecule has 92 valence electrons. The molecule has 0 bridgehead atoms. The van der Waals surface area contributed by atoms with Gasteiger partial charge >= 0.3 is 0 Å². The van der Waals surface area contributed by atoms with E-state index in [9.17, 15) is 0 Å². The lowest BCUT2D eigenvalue weighted by Crippen LogP contribution is -1.96. The molecule has 0 unspecified atom stereocenters. The van der Waals surface area contributed by atoms with Crippen molar-refractivity contribution in [2.45, 2.75) is 0 Å². The molecule has 0 saturated carbocycles. The summed E-state index contributed by atoms with van der Waals surface area (Å²) in [6.45, 7) is 0. The predicted octanol–water partition coefficient (Wildman–Crippen LogP) is 3.36. The Morgan fingerprint density at radius 1 is 1.00 bits per heavy atom. The Bertz CT molecular complexity index is 710. The molecule has 2 aromatic rings. The third-order valence-corrected chi connectivity index (χ3v) is 3.43. The number of nitrogens with two attached hydrogens (primary N) is 1. The molecule has 0 saturated heterocycles. The van der Waals surface area contributed by atoms with E-state index < -0.39 is 0 Å². The maximum Gasteiger partial charge on any atom is 0.101 e. The van der Waals surface area contributed by atoms with Gasteiger partial charge in [-0.15, -0.1) is 0 Å². The van der Waals surface area contributed by atoms with Gasteiger partial charge in [0, 0.05) is 14.9 Å². The van der Waals surface area contributed by atoms with Crippen LogP contribution in [0.4, 0.5) is 17.1 Å². The molecular formula is C14H9IN4. The number of nitrogens with one attached hydrogen (secondary N) is 1. The minimum atomic E-state index is 0.359. The normalized spacial score (nSPS) is 9.42. The summed E-state index contributed by atoms with van der Waals surface area (Å²) in [7, 11) is 0. The first kappa shape index (κ1) is 13.2. The zero-order chi connectivity index (χ0) is 13.8. The zero-order valence-electron chi connectivity index (χ0n) is 9.81. The van der Waals surface area contributed by atoms with Crippen molar-refractivity contribution in [3.8, 4) is 12.1 Å².